The average Bonchev–Trinajstić information content (AvgIpc) is 3.00. The molecule has 166 valence electrons. The molecule has 29 heavy (non-hydrogen) atoms. The molecule has 0 N–H and O–H groups in total. The molecule has 4 aliphatic carbocycles. The van der Waals surface area contributed by atoms with Crippen LogP contribution in [0.5, 0.6) is 0 Å². The van der Waals surface area contributed by atoms with E-state index in [0.29, 0.717) is 10.8 Å². The molecule has 0 aromatic rings. The molecule has 0 radical (unpaired) electrons. The first-order valence-corrected chi connectivity index (χ1v) is 13.4. The highest BCUT2D eigenvalue weighted by Crippen LogP contribution is 2.64. The first-order chi connectivity index (χ1) is 13.7. The Morgan fingerprint density at radius 3 is 2.48 bits per heavy atom. The molecule has 0 aromatic heterocycles. The Hall–Kier alpha value is -0.260. The lowest BCUT2D eigenvalue weighted by molar-refractivity contribution is 0.00855. The maximum atomic E-state index is 2.73. The number of rotatable bonds is 5. The monoisotopic (exact) mass is 398 g/mol. The van der Waals surface area contributed by atoms with Crippen molar-refractivity contribution in [3.05, 3.63) is 11.1 Å². The number of hydrogen-bond donors (Lipinski definition) is 0. The predicted octanol–water partition coefficient (Wildman–Crippen LogP) is 9.20. The van der Waals surface area contributed by atoms with E-state index >= 15 is 0 Å². The van der Waals surface area contributed by atoms with Crippen LogP contribution in [0.1, 0.15) is 125 Å². The van der Waals surface area contributed by atoms with Gasteiger partial charge in [0, 0.05) is 0 Å². The summed E-state index contributed by atoms with van der Waals surface area (Å²) in [6.07, 6.45) is 19.4. The molecule has 2 fully saturated rings. The zero-order valence-electron chi connectivity index (χ0n) is 20.7. The van der Waals surface area contributed by atoms with Gasteiger partial charge in [-0.25, -0.2) is 0 Å². The third kappa shape index (κ3) is 4.25. The molecule has 0 amide bonds. The molecule has 0 heterocycles. The Bertz CT molecular complexity index is 602. The van der Waals surface area contributed by atoms with Crippen molar-refractivity contribution in [1.82, 2.24) is 0 Å². The summed E-state index contributed by atoms with van der Waals surface area (Å²) in [5.74, 6) is 5.92. The third-order valence-electron chi connectivity index (χ3n) is 10.4. The Labute approximate surface area is 182 Å². The lowest BCUT2D eigenvalue weighted by Crippen LogP contribution is -2.44. The van der Waals surface area contributed by atoms with Gasteiger partial charge in [0.1, 0.15) is 0 Å². The van der Waals surface area contributed by atoms with Gasteiger partial charge >= 0.3 is 0 Å². The Kier molecular flexibility index (Phi) is 6.32. The molecule has 0 spiro atoms. The molecular formula is C29H50. The van der Waals surface area contributed by atoms with Crippen LogP contribution in [0.4, 0.5) is 0 Å². The highest BCUT2D eigenvalue weighted by atomic mass is 14.6. The van der Waals surface area contributed by atoms with E-state index in [0.717, 1.165) is 35.5 Å². The first kappa shape index (κ1) is 22.0. The maximum absolute atomic E-state index is 2.73. The maximum Gasteiger partial charge on any atom is -0.0169 e. The minimum Gasteiger partial charge on any atom is -0.0704 e. The quantitative estimate of drug-likeness (QED) is 0.320. The minimum absolute atomic E-state index is 0.495. The fourth-order valence-electron chi connectivity index (χ4n) is 8.48. The van der Waals surface area contributed by atoms with E-state index in [1.54, 1.807) is 12.8 Å². The summed E-state index contributed by atoms with van der Waals surface area (Å²) in [5, 5.41) is 0. The van der Waals surface area contributed by atoms with E-state index < -0.39 is 0 Å². The van der Waals surface area contributed by atoms with Crippen LogP contribution in [0.3, 0.4) is 0 Å². The fourth-order valence-corrected chi connectivity index (χ4v) is 8.48. The molecule has 0 saturated heterocycles. The van der Waals surface area contributed by atoms with Gasteiger partial charge in [-0.15, -0.1) is 0 Å². The van der Waals surface area contributed by atoms with Gasteiger partial charge in [-0.2, -0.15) is 0 Å². The number of allylic oxidation sites excluding steroid dienone is 2. The second-order valence-corrected chi connectivity index (χ2v) is 13.3. The molecule has 0 nitrogen and oxygen atoms in total. The molecule has 6 unspecified atom stereocenters. The predicted molar refractivity (Wildman–Crippen MR) is 127 cm³/mol. The second-order valence-electron chi connectivity index (χ2n) is 13.3. The van der Waals surface area contributed by atoms with Gasteiger partial charge in [0.05, 0.1) is 0 Å². The van der Waals surface area contributed by atoms with Crippen molar-refractivity contribution in [3.63, 3.8) is 0 Å². The molecule has 4 aliphatic rings. The van der Waals surface area contributed by atoms with Crippen molar-refractivity contribution in [2.24, 2.45) is 46.3 Å². The zero-order chi connectivity index (χ0) is 20.8. The highest BCUT2D eigenvalue weighted by Gasteiger charge is 2.54. The Balaban J connectivity index is 1.42. The molecule has 6 atom stereocenters. The third-order valence-corrected chi connectivity index (χ3v) is 10.4. The van der Waals surface area contributed by atoms with Gasteiger partial charge in [-0.05, 0) is 111 Å². The molecule has 0 aromatic carbocycles. The van der Waals surface area contributed by atoms with Crippen molar-refractivity contribution < 1.29 is 0 Å². The summed E-state index contributed by atoms with van der Waals surface area (Å²) in [6, 6.07) is 0. The lowest BCUT2D eigenvalue weighted by Gasteiger charge is -2.53. The van der Waals surface area contributed by atoms with Gasteiger partial charge < -0.3 is 0 Å². The molecule has 0 bridgehead atoms. The Morgan fingerprint density at radius 2 is 1.76 bits per heavy atom. The first-order valence-electron chi connectivity index (χ1n) is 13.4. The van der Waals surface area contributed by atoms with Crippen molar-refractivity contribution in [2.45, 2.75) is 125 Å². The minimum atomic E-state index is 0.495. The Morgan fingerprint density at radius 1 is 0.966 bits per heavy atom. The van der Waals surface area contributed by atoms with Gasteiger partial charge in [0.25, 0.3) is 0 Å². The van der Waals surface area contributed by atoms with Crippen LogP contribution in [0, 0.1) is 46.3 Å². The summed E-state index contributed by atoms with van der Waals surface area (Å²) in [5.41, 5.74) is 5.10. The van der Waals surface area contributed by atoms with Crippen LogP contribution in [-0.4, -0.2) is 0 Å². The van der Waals surface area contributed by atoms with Gasteiger partial charge in [0.15, 0.2) is 0 Å². The van der Waals surface area contributed by atoms with Gasteiger partial charge in [-0.1, -0.05) is 72.0 Å². The molecule has 4 rings (SSSR count). The van der Waals surface area contributed by atoms with E-state index in [9.17, 15) is 0 Å². The van der Waals surface area contributed by atoms with Crippen molar-refractivity contribution in [3.8, 4) is 0 Å². The normalized spacial score (nSPS) is 40.0. The number of hydrogen-bond acceptors (Lipinski definition) is 0. The van der Waals surface area contributed by atoms with Crippen LogP contribution in [-0.2, 0) is 0 Å². The standard InChI is InChI=1S/C29H50/c1-20(2)9-7-8-10-22-13-16-27-26-14-11-21-19-23(28(3,4)5)12-15-24(21)25(26)17-18-29(22,27)6/h20,22-23,25-27H,7-19H2,1-6H3. The SMILES string of the molecule is CC(C)CCCCC1CCC2C3CCC4=C(CCC(C(C)(C)C)C4)C3CCC12C. The molecule has 2 saturated carbocycles. The number of fused-ring (bicyclic) bond motifs is 4. The average molecular weight is 399 g/mol. The topological polar surface area (TPSA) is 0 Å². The van der Waals surface area contributed by atoms with Crippen LogP contribution in [0.2, 0.25) is 0 Å². The number of unbranched alkanes of at least 4 members (excludes halogenated alkanes) is 1. The largest absolute Gasteiger partial charge is 0.0704 e. The fraction of sp³-hybridized carbons (Fsp3) is 0.931. The van der Waals surface area contributed by atoms with Crippen molar-refractivity contribution in [2.75, 3.05) is 0 Å². The summed E-state index contributed by atoms with van der Waals surface area (Å²) in [4.78, 5) is 0. The molecular weight excluding hydrogens is 348 g/mol. The molecule has 0 heteroatoms. The zero-order valence-corrected chi connectivity index (χ0v) is 20.7. The summed E-state index contributed by atoms with van der Waals surface area (Å²) >= 11 is 0. The van der Waals surface area contributed by atoms with Gasteiger partial charge in [0.2, 0.25) is 0 Å². The van der Waals surface area contributed by atoms with E-state index in [2.05, 4.69) is 41.5 Å². The van der Waals surface area contributed by atoms with E-state index in [1.165, 1.54) is 70.6 Å². The van der Waals surface area contributed by atoms with Crippen molar-refractivity contribution in [1.29, 1.82) is 0 Å². The van der Waals surface area contributed by atoms with Gasteiger partial charge in [-0.3, -0.25) is 0 Å². The van der Waals surface area contributed by atoms with Crippen LogP contribution >= 0.6 is 0 Å². The highest BCUT2D eigenvalue weighted by molar-refractivity contribution is 5.27. The van der Waals surface area contributed by atoms with E-state index in [1.807, 2.05) is 11.1 Å². The van der Waals surface area contributed by atoms with Crippen LogP contribution in [0.25, 0.3) is 0 Å². The summed E-state index contributed by atoms with van der Waals surface area (Å²) in [7, 11) is 0. The lowest BCUT2D eigenvalue weighted by atomic mass is 9.52. The van der Waals surface area contributed by atoms with Crippen LogP contribution in [0.15, 0.2) is 11.1 Å². The summed E-state index contributed by atoms with van der Waals surface area (Å²) in [6.45, 7) is 14.9. The van der Waals surface area contributed by atoms with E-state index in [-0.39, 0.29) is 0 Å². The van der Waals surface area contributed by atoms with E-state index in [4.69, 9.17) is 0 Å². The summed E-state index contributed by atoms with van der Waals surface area (Å²) < 4.78 is 0. The molecule has 0 aliphatic heterocycles. The smallest absolute Gasteiger partial charge is 0.0169 e. The van der Waals surface area contributed by atoms with Crippen LogP contribution < -0.4 is 0 Å². The second kappa shape index (κ2) is 8.35. The van der Waals surface area contributed by atoms with Crippen molar-refractivity contribution >= 4 is 0 Å².